The Balaban J connectivity index is 1.86. The Morgan fingerprint density at radius 2 is 1.84 bits per heavy atom. The van der Waals surface area contributed by atoms with Crippen molar-refractivity contribution in [3.63, 3.8) is 0 Å². The number of nitrogens with one attached hydrogen (secondary N) is 1. The zero-order valence-electron chi connectivity index (χ0n) is 10.6. The van der Waals surface area contributed by atoms with Gasteiger partial charge >= 0.3 is 0 Å². The van der Waals surface area contributed by atoms with Crippen LogP contribution in [0.1, 0.15) is 5.56 Å². The van der Waals surface area contributed by atoms with Crippen molar-refractivity contribution in [3.8, 4) is 0 Å². The Bertz CT molecular complexity index is 654. The number of ether oxygens (including phenoxy) is 1. The smallest absolute Gasteiger partial charge is 0.157 e. The highest BCUT2D eigenvalue weighted by molar-refractivity contribution is 6.15. The number of hydrogen-bond donors (Lipinski definition) is 1. The molecule has 1 fully saturated rings. The van der Waals surface area contributed by atoms with E-state index in [-0.39, 0.29) is 0 Å². The van der Waals surface area contributed by atoms with Gasteiger partial charge < -0.3 is 9.64 Å². The molecule has 19 heavy (non-hydrogen) atoms. The molecule has 96 valence electrons. The number of hydrogen-bond acceptors (Lipinski definition) is 4. The van der Waals surface area contributed by atoms with E-state index in [0.717, 1.165) is 37.8 Å². The van der Waals surface area contributed by atoms with Gasteiger partial charge in [0, 0.05) is 24.0 Å². The van der Waals surface area contributed by atoms with Crippen LogP contribution in [0.3, 0.4) is 0 Å². The van der Waals surface area contributed by atoms with E-state index in [1.165, 1.54) is 16.3 Å². The summed E-state index contributed by atoms with van der Waals surface area (Å²) in [5.74, 6) is 1.03. The lowest BCUT2D eigenvalue weighted by molar-refractivity contribution is 0.0682. The van der Waals surface area contributed by atoms with E-state index in [9.17, 15) is 0 Å². The van der Waals surface area contributed by atoms with Crippen molar-refractivity contribution >= 4 is 22.3 Å². The molecule has 0 radical (unpaired) electrons. The van der Waals surface area contributed by atoms with Gasteiger partial charge in [-0.1, -0.05) is 30.3 Å². The molecule has 4 heteroatoms. The van der Waals surface area contributed by atoms with E-state index >= 15 is 0 Å². The summed E-state index contributed by atoms with van der Waals surface area (Å²) < 4.78 is 5.42. The highest BCUT2D eigenvalue weighted by Crippen LogP contribution is 2.31. The van der Waals surface area contributed by atoms with E-state index in [0.29, 0.717) is 0 Å². The van der Waals surface area contributed by atoms with Gasteiger partial charge in [-0.25, -0.2) is 0 Å². The lowest BCUT2D eigenvalue weighted by Gasteiger charge is -2.32. The second-order valence-corrected chi connectivity index (χ2v) is 4.86. The van der Waals surface area contributed by atoms with Gasteiger partial charge in [0.2, 0.25) is 0 Å². The van der Waals surface area contributed by atoms with E-state index < -0.39 is 0 Å². The van der Waals surface area contributed by atoms with Crippen LogP contribution in [0, 0.1) is 0 Å². The van der Waals surface area contributed by atoms with Crippen LogP contribution < -0.4 is 5.43 Å². The standard InChI is InChI=1S/C15H15N3O/c1-3-11-4-2-6-13-14(11)12(5-1)15(17-16-13)18-7-9-19-10-8-18/h1-6,16H,7-10H2. The van der Waals surface area contributed by atoms with Gasteiger partial charge in [0.05, 0.1) is 18.9 Å². The summed E-state index contributed by atoms with van der Waals surface area (Å²) in [7, 11) is 0. The fourth-order valence-electron chi connectivity index (χ4n) is 2.81. The Hall–Kier alpha value is -2.07. The molecule has 0 amide bonds. The minimum atomic E-state index is 0.774. The normalized spacial score (nSPS) is 18.1. The maximum atomic E-state index is 5.42. The van der Waals surface area contributed by atoms with Crippen molar-refractivity contribution in [1.82, 2.24) is 4.90 Å². The molecule has 1 N–H and O–H groups in total. The van der Waals surface area contributed by atoms with Gasteiger partial charge in [0.15, 0.2) is 5.84 Å². The van der Waals surface area contributed by atoms with E-state index in [2.05, 4.69) is 51.8 Å². The van der Waals surface area contributed by atoms with Gasteiger partial charge in [-0.05, 0) is 11.5 Å². The average molecular weight is 253 g/mol. The third kappa shape index (κ3) is 1.68. The van der Waals surface area contributed by atoms with Gasteiger partial charge in [-0.2, -0.15) is 5.10 Å². The van der Waals surface area contributed by atoms with Crippen LogP contribution >= 0.6 is 0 Å². The van der Waals surface area contributed by atoms with E-state index in [1.54, 1.807) is 0 Å². The lowest BCUT2D eigenvalue weighted by atomic mass is 10.0. The van der Waals surface area contributed by atoms with Crippen LogP contribution in [0.15, 0.2) is 41.5 Å². The van der Waals surface area contributed by atoms with Crippen molar-refractivity contribution in [2.45, 2.75) is 0 Å². The maximum Gasteiger partial charge on any atom is 0.157 e. The summed E-state index contributed by atoms with van der Waals surface area (Å²) in [6, 6.07) is 12.7. The average Bonchev–Trinajstić information content (AvgIpc) is 2.49. The number of rotatable bonds is 0. The highest BCUT2D eigenvalue weighted by Gasteiger charge is 2.22. The zero-order valence-corrected chi connectivity index (χ0v) is 10.6. The van der Waals surface area contributed by atoms with Crippen LogP contribution in [0.25, 0.3) is 10.8 Å². The highest BCUT2D eigenvalue weighted by atomic mass is 16.5. The molecule has 0 atom stereocenters. The number of morpholine rings is 1. The summed E-state index contributed by atoms with van der Waals surface area (Å²) >= 11 is 0. The third-order valence-corrected chi connectivity index (χ3v) is 3.74. The van der Waals surface area contributed by atoms with E-state index in [4.69, 9.17) is 4.74 Å². The monoisotopic (exact) mass is 253 g/mol. The Morgan fingerprint density at radius 1 is 1.05 bits per heavy atom. The zero-order chi connectivity index (χ0) is 12.7. The molecule has 0 spiro atoms. The maximum absolute atomic E-state index is 5.42. The summed E-state index contributed by atoms with van der Waals surface area (Å²) in [6.45, 7) is 3.35. The van der Waals surface area contributed by atoms with Crippen LogP contribution in [-0.4, -0.2) is 37.0 Å². The molecule has 2 aromatic carbocycles. The van der Waals surface area contributed by atoms with Crippen molar-refractivity contribution in [1.29, 1.82) is 0 Å². The fourth-order valence-corrected chi connectivity index (χ4v) is 2.81. The van der Waals surface area contributed by atoms with Crippen LogP contribution in [0.5, 0.6) is 0 Å². The molecule has 0 saturated carbocycles. The quantitative estimate of drug-likeness (QED) is 0.782. The van der Waals surface area contributed by atoms with E-state index in [1.807, 2.05) is 0 Å². The molecule has 0 unspecified atom stereocenters. The molecule has 2 aliphatic rings. The summed E-state index contributed by atoms with van der Waals surface area (Å²) in [6.07, 6.45) is 0. The predicted molar refractivity (Wildman–Crippen MR) is 76.5 cm³/mol. The van der Waals surface area contributed by atoms with Gasteiger partial charge in [-0.3, -0.25) is 5.43 Å². The van der Waals surface area contributed by atoms with Crippen molar-refractivity contribution in [3.05, 3.63) is 42.0 Å². The Morgan fingerprint density at radius 3 is 2.68 bits per heavy atom. The van der Waals surface area contributed by atoms with Crippen molar-refractivity contribution < 1.29 is 4.74 Å². The first kappa shape index (κ1) is 10.8. The summed E-state index contributed by atoms with van der Waals surface area (Å²) in [5.41, 5.74) is 5.48. The summed E-state index contributed by atoms with van der Waals surface area (Å²) in [5, 5.41) is 7.07. The lowest BCUT2D eigenvalue weighted by Crippen LogP contribution is -2.42. The predicted octanol–water partition coefficient (Wildman–Crippen LogP) is 2.26. The Kier molecular flexibility index (Phi) is 2.42. The molecular formula is C15H15N3O. The first-order chi connectivity index (χ1) is 9.43. The number of benzene rings is 2. The van der Waals surface area contributed by atoms with Crippen molar-refractivity contribution in [2.75, 3.05) is 31.7 Å². The molecule has 1 saturated heterocycles. The molecule has 2 aliphatic heterocycles. The number of nitrogens with zero attached hydrogens (tertiary/aromatic N) is 2. The molecule has 4 nitrogen and oxygen atoms in total. The summed E-state index contributed by atoms with van der Waals surface area (Å²) in [4.78, 5) is 2.29. The van der Waals surface area contributed by atoms with Crippen LogP contribution in [0.2, 0.25) is 0 Å². The second kappa shape index (κ2) is 4.24. The number of anilines is 1. The SMILES string of the molecule is c1cc2c3c(cccc3c1)C(N1CCOCC1)=NN2. The topological polar surface area (TPSA) is 36.9 Å². The van der Waals surface area contributed by atoms with Gasteiger partial charge in [-0.15, -0.1) is 0 Å². The molecule has 2 aromatic rings. The molecule has 2 heterocycles. The first-order valence-electron chi connectivity index (χ1n) is 6.62. The molecule has 0 bridgehead atoms. The first-order valence-corrected chi connectivity index (χ1v) is 6.62. The molecule has 4 rings (SSSR count). The molecule has 0 aliphatic carbocycles. The minimum absolute atomic E-state index is 0.774. The largest absolute Gasteiger partial charge is 0.378 e. The molecule has 0 aromatic heterocycles. The third-order valence-electron chi connectivity index (χ3n) is 3.74. The Labute approximate surface area is 111 Å². The number of amidine groups is 1. The minimum Gasteiger partial charge on any atom is -0.378 e. The number of hydrazone groups is 1. The van der Waals surface area contributed by atoms with Crippen LogP contribution in [0.4, 0.5) is 5.69 Å². The fraction of sp³-hybridized carbons (Fsp3) is 0.267. The molecular weight excluding hydrogens is 238 g/mol. The van der Waals surface area contributed by atoms with Crippen molar-refractivity contribution in [2.24, 2.45) is 5.10 Å². The van der Waals surface area contributed by atoms with Gasteiger partial charge in [0.25, 0.3) is 0 Å². The second-order valence-electron chi connectivity index (χ2n) is 4.86. The van der Waals surface area contributed by atoms with Gasteiger partial charge in [0.1, 0.15) is 0 Å². The van der Waals surface area contributed by atoms with Crippen LogP contribution in [-0.2, 0) is 4.74 Å².